The molecule has 4 bridgehead atoms. The molecule has 4 saturated carbocycles. The van der Waals surface area contributed by atoms with Gasteiger partial charge < -0.3 is 9.64 Å². The highest BCUT2D eigenvalue weighted by atomic mass is 79.9. The molecule has 0 aromatic heterocycles. The molecular weight excluding hydrogens is 416 g/mol. The van der Waals surface area contributed by atoms with Gasteiger partial charge in [-0.15, -0.1) is 0 Å². The minimum Gasteiger partial charge on any atom is -0.435 e. The Bertz CT molecular complexity index is 695. The molecule has 6 heteroatoms. The van der Waals surface area contributed by atoms with Crippen LogP contribution in [0.4, 0.5) is 8.78 Å². The third kappa shape index (κ3) is 4.15. The minimum atomic E-state index is -2.82. The van der Waals surface area contributed by atoms with Crippen molar-refractivity contribution in [2.75, 3.05) is 7.05 Å². The maximum atomic E-state index is 12.9. The summed E-state index contributed by atoms with van der Waals surface area (Å²) in [6.45, 7) is -2.34. The molecule has 0 saturated heterocycles. The largest absolute Gasteiger partial charge is 0.435 e. The van der Waals surface area contributed by atoms with Crippen LogP contribution in [0.15, 0.2) is 24.3 Å². The van der Waals surface area contributed by atoms with Crippen LogP contribution in [-0.4, -0.2) is 28.8 Å². The third-order valence-electron chi connectivity index (χ3n) is 6.63. The molecular formula is C21H26BrF2NO2. The molecule has 3 nitrogen and oxygen atoms in total. The standard InChI is InChI=1S/C21H26BrF2NO2/c1-25(12-14-2-4-17(5-3-14)27-19(23)24)18(26)11-20-7-15-6-16(8-20)10-21(22,9-15)13-20/h2-5,15-16,19H,6-13H2,1H3/t15-,16-,20?,21?/m1/s1. The number of hydrogen-bond acceptors (Lipinski definition) is 2. The Labute approximate surface area is 167 Å². The smallest absolute Gasteiger partial charge is 0.387 e. The first kappa shape index (κ1) is 19.2. The van der Waals surface area contributed by atoms with Gasteiger partial charge in [-0.05, 0) is 73.5 Å². The lowest BCUT2D eigenvalue weighted by molar-refractivity contribution is -0.137. The van der Waals surface area contributed by atoms with Crippen molar-refractivity contribution in [1.82, 2.24) is 4.90 Å². The maximum absolute atomic E-state index is 12.9. The molecule has 0 unspecified atom stereocenters. The van der Waals surface area contributed by atoms with Gasteiger partial charge in [0.15, 0.2) is 0 Å². The van der Waals surface area contributed by atoms with Crippen LogP contribution >= 0.6 is 15.9 Å². The summed E-state index contributed by atoms with van der Waals surface area (Å²) in [6, 6.07) is 6.51. The molecule has 4 fully saturated rings. The highest BCUT2D eigenvalue weighted by Gasteiger charge is 2.57. The molecule has 0 aliphatic heterocycles. The topological polar surface area (TPSA) is 29.5 Å². The van der Waals surface area contributed by atoms with Gasteiger partial charge in [-0.1, -0.05) is 28.1 Å². The normalized spacial score (nSPS) is 34.1. The number of amides is 1. The Balaban J connectivity index is 1.37. The van der Waals surface area contributed by atoms with Crippen LogP contribution in [0.3, 0.4) is 0 Å². The zero-order chi connectivity index (χ0) is 19.2. The number of halogens is 3. The van der Waals surface area contributed by atoms with Crippen molar-refractivity contribution >= 4 is 21.8 Å². The number of hydrogen-bond donors (Lipinski definition) is 0. The summed E-state index contributed by atoms with van der Waals surface area (Å²) in [5.74, 6) is 1.86. The predicted octanol–water partition coefficient (Wildman–Crippen LogP) is 5.37. The van der Waals surface area contributed by atoms with Crippen LogP contribution in [0.5, 0.6) is 5.75 Å². The van der Waals surface area contributed by atoms with Crippen LogP contribution in [-0.2, 0) is 11.3 Å². The zero-order valence-corrected chi connectivity index (χ0v) is 17.2. The highest BCUT2D eigenvalue weighted by molar-refractivity contribution is 9.10. The summed E-state index contributed by atoms with van der Waals surface area (Å²) in [6.07, 6.45) is 7.99. The maximum Gasteiger partial charge on any atom is 0.387 e. The van der Waals surface area contributed by atoms with Gasteiger partial charge in [-0.25, -0.2) is 0 Å². The highest BCUT2D eigenvalue weighted by Crippen LogP contribution is 2.65. The Hall–Kier alpha value is -1.17. The first-order valence-electron chi connectivity index (χ1n) is 9.71. The molecule has 0 heterocycles. The minimum absolute atomic E-state index is 0.138. The Morgan fingerprint density at radius 2 is 1.85 bits per heavy atom. The second-order valence-corrected chi connectivity index (χ2v) is 10.7. The first-order valence-corrected chi connectivity index (χ1v) is 10.5. The molecule has 2 atom stereocenters. The van der Waals surface area contributed by atoms with Crippen molar-refractivity contribution in [1.29, 1.82) is 0 Å². The molecule has 4 aliphatic rings. The first-order chi connectivity index (χ1) is 12.7. The average Bonchev–Trinajstić information content (AvgIpc) is 2.53. The van der Waals surface area contributed by atoms with E-state index < -0.39 is 6.61 Å². The number of carbonyl (C=O) groups excluding carboxylic acids is 1. The van der Waals surface area contributed by atoms with E-state index in [4.69, 9.17) is 0 Å². The van der Waals surface area contributed by atoms with Gasteiger partial charge in [0.2, 0.25) is 5.91 Å². The van der Waals surface area contributed by atoms with Crippen LogP contribution in [0.2, 0.25) is 0 Å². The Kier molecular flexibility index (Phi) is 4.98. The van der Waals surface area contributed by atoms with E-state index in [0.717, 1.165) is 23.8 Å². The van der Waals surface area contributed by atoms with E-state index in [2.05, 4.69) is 20.7 Å². The van der Waals surface area contributed by atoms with Crippen LogP contribution in [0, 0.1) is 17.3 Å². The molecule has 4 aliphatic carbocycles. The van der Waals surface area contributed by atoms with E-state index in [1.807, 2.05) is 7.05 Å². The van der Waals surface area contributed by atoms with Gasteiger partial charge in [-0.3, -0.25) is 4.79 Å². The average molecular weight is 442 g/mol. The summed E-state index contributed by atoms with van der Waals surface area (Å²) >= 11 is 4.01. The predicted molar refractivity (Wildman–Crippen MR) is 103 cm³/mol. The van der Waals surface area contributed by atoms with Crippen molar-refractivity contribution < 1.29 is 18.3 Å². The van der Waals surface area contributed by atoms with Crippen molar-refractivity contribution in [3.63, 3.8) is 0 Å². The molecule has 0 spiro atoms. The summed E-state index contributed by atoms with van der Waals surface area (Å²) in [7, 11) is 1.83. The van der Waals surface area contributed by atoms with E-state index in [-0.39, 0.29) is 21.4 Å². The summed E-state index contributed by atoms with van der Waals surface area (Å²) in [5.41, 5.74) is 1.07. The lowest BCUT2D eigenvalue weighted by atomic mass is 9.48. The van der Waals surface area contributed by atoms with Crippen molar-refractivity contribution in [2.45, 2.75) is 62.4 Å². The van der Waals surface area contributed by atoms with E-state index in [1.165, 1.54) is 44.2 Å². The lowest BCUT2D eigenvalue weighted by Gasteiger charge is -2.60. The van der Waals surface area contributed by atoms with Gasteiger partial charge in [0.1, 0.15) is 5.75 Å². The Morgan fingerprint density at radius 1 is 1.22 bits per heavy atom. The van der Waals surface area contributed by atoms with Crippen LogP contribution in [0.1, 0.15) is 50.5 Å². The number of rotatable bonds is 6. The molecule has 1 aromatic rings. The zero-order valence-electron chi connectivity index (χ0n) is 15.6. The Morgan fingerprint density at radius 3 is 2.41 bits per heavy atom. The summed E-state index contributed by atoms with van der Waals surface area (Å²) in [4.78, 5) is 14.7. The van der Waals surface area contributed by atoms with E-state index >= 15 is 0 Å². The van der Waals surface area contributed by atoms with E-state index in [0.29, 0.717) is 13.0 Å². The fourth-order valence-electron chi connectivity index (χ4n) is 6.14. The van der Waals surface area contributed by atoms with Gasteiger partial charge in [0.25, 0.3) is 0 Å². The molecule has 0 radical (unpaired) electrons. The monoisotopic (exact) mass is 441 g/mol. The second-order valence-electron chi connectivity index (χ2n) is 9.06. The van der Waals surface area contributed by atoms with Gasteiger partial charge in [0.05, 0.1) is 0 Å². The van der Waals surface area contributed by atoms with E-state index in [9.17, 15) is 13.6 Å². The second kappa shape index (κ2) is 7.02. The molecule has 148 valence electrons. The van der Waals surface area contributed by atoms with Crippen LogP contribution in [0.25, 0.3) is 0 Å². The fraction of sp³-hybridized carbons (Fsp3) is 0.667. The number of benzene rings is 1. The number of nitrogens with zero attached hydrogens (tertiary/aromatic N) is 1. The van der Waals surface area contributed by atoms with Gasteiger partial charge in [-0.2, -0.15) is 8.78 Å². The molecule has 1 aromatic carbocycles. The van der Waals surface area contributed by atoms with E-state index in [1.54, 1.807) is 17.0 Å². The van der Waals surface area contributed by atoms with Gasteiger partial charge in [0, 0.05) is 24.3 Å². The van der Waals surface area contributed by atoms with Crippen LogP contribution < -0.4 is 4.74 Å². The lowest BCUT2D eigenvalue weighted by Crippen LogP contribution is -2.54. The number of alkyl halides is 3. The molecule has 0 N–H and O–H groups in total. The molecule has 5 rings (SSSR count). The van der Waals surface area contributed by atoms with Crippen molar-refractivity contribution in [3.05, 3.63) is 29.8 Å². The quantitative estimate of drug-likeness (QED) is 0.555. The summed E-state index contributed by atoms with van der Waals surface area (Å²) < 4.78 is 29.1. The summed E-state index contributed by atoms with van der Waals surface area (Å²) in [5, 5.41) is 0. The van der Waals surface area contributed by atoms with Gasteiger partial charge >= 0.3 is 6.61 Å². The van der Waals surface area contributed by atoms with Crippen molar-refractivity contribution in [2.24, 2.45) is 17.3 Å². The molecule has 27 heavy (non-hydrogen) atoms. The molecule has 1 amide bonds. The number of carbonyl (C=O) groups is 1. The number of ether oxygens (including phenoxy) is 1. The SMILES string of the molecule is CN(Cc1ccc(OC(F)F)cc1)C(=O)CC12C[C@H]3C[C@@H](CC(Br)(C3)C1)C2. The van der Waals surface area contributed by atoms with Crippen molar-refractivity contribution in [3.8, 4) is 5.75 Å². The fourth-order valence-corrected chi connectivity index (χ4v) is 7.65. The third-order valence-corrected chi connectivity index (χ3v) is 7.56.